The highest BCUT2D eigenvalue weighted by atomic mass is 16.5. The normalized spacial score (nSPS) is 34.6. The van der Waals surface area contributed by atoms with Gasteiger partial charge in [0, 0.05) is 6.42 Å². The minimum Gasteiger partial charge on any atom is -0.462 e. The fourth-order valence-electron chi connectivity index (χ4n) is 12.1. The second-order valence-corrected chi connectivity index (χ2v) is 18.4. The summed E-state index contributed by atoms with van der Waals surface area (Å²) in [5.74, 6) is 6.36. The van der Waals surface area contributed by atoms with Crippen molar-refractivity contribution in [3.63, 3.8) is 0 Å². The molecule has 0 bridgehead atoms. The van der Waals surface area contributed by atoms with Gasteiger partial charge in [-0.1, -0.05) is 144 Å². The predicted octanol–water partition coefficient (Wildman–Crippen LogP) is 13.9. The molecule has 0 N–H and O–H groups in total. The molecule has 0 aliphatic heterocycles. The highest BCUT2D eigenvalue weighted by Crippen LogP contribution is 2.68. The Balaban J connectivity index is 1.10. The van der Waals surface area contributed by atoms with Crippen LogP contribution in [0.3, 0.4) is 0 Å². The van der Waals surface area contributed by atoms with Gasteiger partial charge < -0.3 is 4.74 Å². The summed E-state index contributed by atoms with van der Waals surface area (Å²) in [4.78, 5) is 12.8. The van der Waals surface area contributed by atoms with Gasteiger partial charge in [-0.2, -0.15) is 0 Å². The third-order valence-electron chi connectivity index (χ3n) is 14.9. The summed E-state index contributed by atoms with van der Waals surface area (Å²) in [6.07, 6.45) is 36.4. The summed E-state index contributed by atoms with van der Waals surface area (Å²) in [6.45, 7) is 15.1. The SMILES string of the molecule is CCCCCCCCCCCCCCCCC(=O)OC1CC[C@@]2(C)C(CC[C@H]3[C@@H]4CC[C@H]([C@H](C)CCCC(C)C)[C@@]4(C)CC[C@@H]32)C1. The van der Waals surface area contributed by atoms with Crippen LogP contribution in [-0.4, -0.2) is 12.1 Å². The van der Waals surface area contributed by atoms with Crippen molar-refractivity contribution in [2.75, 3.05) is 0 Å². The Hall–Kier alpha value is -0.530. The lowest BCUT2D eigenvalue weighted by atomic mass is 9.44. The first kappa shape index (κ1) is 38.3. The summed E-state index contributed by atoms with van der Waals surface area (Å²) in [5, 5.41) is 0. The maximum Gasteiger partial charge on any atom is 0.306 e. The largest absolute Gasteiger partial charge is 0.462 e. The number of unbranched alkanes of at least 4 members (excludes halogenated alkanes) is 13. The molecule has 0 spiro atoms. The van der Waals surface area contributed by atoms with E-state index in [1.165, 1.54) is 148 Å². The van der Waals surface area contributed by atoms with Crippen LogP contribution in [0.5, 0.6) is 0 Å². The van der Waals surface area contributed by atoms with Crippen LogP contribution in [0.4, 0.5) is 0 Å². The number of carbonyl (C=O) groups excluding carboxylic acids is 1. The van der Waals surface area contributed by atoms with Gasteiger partial charge in [0.05, 0.1) is 0 Å². The van der Waals surface area contributed by atoms with Crippen LogP contribution in [-0.2, 0) is 9.53 Å². The summed E-state index contributed by atoms with van der Waals surface area (Å²) in [7, 11) is 0. The van der Waals surface area contributed by atoms with Crippen molar-refractivity contribution in [3.05, 3.63) is 0 Å². The first-order valence-electron chi connectivity index (χ1n) is 21.4. The Kier molecular flexibility index (Phi) is 15.8. The van der Waals surface area contributed by atoms with E-state index in [4.69, 9.17) is 4.74 Å². The molecule has 0 saturated heterocycles. The van der Waals surface area contributed by atoms with E-state index in [2.05, 4.69) is 41.5 Å². The van der Waals surface area contributed by atoms with Crippen molar-refractivity contribution in [1.29, 1.82) is 0 Å². The van der Waals surface area contributed by atoms with Gasteiger partial charge in [0.2, 0.25) is 0 Å². The van der Waals surface area contributed by atoms with Crippen LogP contribution in [0, 0.1) is 52.3 Å². The van der Waals surface area contributed by atoms with Crippen LogP contribution in [0.15, 0.2) is 0 Å². The zero-order chi connectivity index (χ0) is 33.0. The standard InChI is InChI=1S/C44H80O2/c1-7-8-9-10-11-12-13-14-15-16-17-18-19-20-24-42(45)46-37-29-31-43(5)36(33-37)25-26-38-40-28-27-39(35(4)23-21-22-34(2)3)44(40,6)32-30-41(38)43/h34-41H,7-33H2,1-6H3/t35-,36?,37?,38+,39-,40+,41+,43+,44-/m1/s1. The van der Waals surface area contributed by atoms with Gasteiger partial charge in [-0.05, 0) is 116 Å². The maximum absolute atomic E-state index is 12.8. The lowest BCUT2D eigenvalue weighted by Gasteiger charge is -2.61. The van der Waals surface area contributed by atoms with E-state index in [1.807, 2.05) is 0 Å². The van der Waals surface area contributed by atoms with Crippen LogP contribution >= 0.6 is 0 Å². The fourth-order valence-corrected chi connectivity index (χ4v) is 12.1. The smallest absolute Gasteiger partial charge is 0.306 e. The van der Waals surface area contributed by atoms with Crippen molar-refractivity contribution in [1.82, 2.24) is 0 Å². The van der Waals surface area contributed by atoms with Gasteiger partial charge in [-0.15, -0.1) is 0 Å². The molecule has 0 aromatic heterocycles. The average molecular weight is 641 g/mol. The molecule has 0 aromatic carbocycles. The Morgan fingerprint density at radius 3 is 1.87 bits per heavy atom. The topological polar surface area (TPSA) is 26.3 Å². The Morgan fingerprint density at radius 1 is 0.652 bits per heavy atom. The van der Waals surface area contributed by atoms with Crippen molar-refractivity contribution < 1.29 is 9.53 Å². The summed E-state index contributed by atoms with van der Waals surface area (Å²) in [5.41, 5.74) is 1.06. The molecular weight excluding hydrogens is 560 g/mol. The first-order valence-corrected chi connectivity index (χ1v) is 21.4. The third kappa shape index (κ3) is 10.2. The summed E-state index contributed by atoms with van der Waals surface area (Å²) < 4.78 is 6.17. The summed E-state index contributed by atoms with van der Waals surface area (Å²) >= 11 is 0. The van der Waals surface area contributed by atoms with E-state index >= 15 is 0 Å². The predicted molar refractivity (Wildman–Crippen MR) is 198 cm³/mol. The molecule has 4 rings (SSSR count). The molecule has 2 nitrogen and oxygen atoms in total. The number of esters is 1. The lowest BCUT2D eigenvalue weighted by molar-refractivity contribution is -0.162. The Bertz CT molecular complexity index is 864. The monoisotopic (exact) mass is 641 g/mol. The molecule has 268 valence electrons. The second-order valence-electron chi connectivity index (χ2n) is 18.4. The molecule has 4 saturated carbocycles. The molecule has 4 aliphatic carbocycles. The molecule has 46 heavy (non-hydrogen) atoms. The van der Waals surface area contributed by atoms with Gasteiger partial charge >= 0.3 is 5.97 Å². The van der Waals surface area contributed by atoms with Crippen LogP contribution < -0.4 is 0 Å². The molecule has 2 heteroatoms. The van der Waals surface area contributed by atoms with E-state index in [9.17, 15) is 4.79 Å². The van der Waals surface area contributed by atoms with Crippen molar-refractivity contribution in [2.24, 2.45) is 52.3 Å². The molecule has 9 atom stereocenters. The molecule has 0 heterocycles. The van der Waals surface area contributed by atoms with Crippen molar-refractivity contribution in [2.45, 2.75) is 221 Å². The number of hydrogen-bond acceptors (Lipinski definition) is 2. The minimum absolute atomic E-state index is 0.0918. The van der Waals surface area contributed by atoms with E-state index in [0.29, 0.717) is 17.3 Å². The van der Waals surface area contributed by atoms with E-state index < -0.39 is 0 Å². The van der Waals surface area contributed by atoms with Gasteiger partial charge in [-0.3, -0.25) is 4.79 Å². The van der Waals surface area contributed by atoms with Crippen molar-refractivity contribution in [3.8, 4) is 0 Å². The van der Waals surface area contributed by atoms with E-state index in [0.717, 1.165) is 60.7 Å². The zero-order valence-corrected chi connectivity index (χ0v) is 32.0. The number of ether oxygens (including phenoxy) is 1. The molecule has 4 aliphatic rings. The number of hydrogen-bond donors (Lipinski definition) is 0. The van der Waals surface area contributed by atoms with E-state index in [1.54, 1.807) is 0 Å². The highest BCUT2D eigenvalue weighted by molar-refractivity contribution is 5.69. The molecule has 0 radical (unpaired) electrons. The third-order valence-corrected chi connectivity index (χ3v) is 14.9. The van der Waals surface area contributed by atoms with Crippen LogP contribution in [0.25, 0.3) is 0 Å². The molecule has 0 aromatic rings. The minimum atomic E-state index is 0.0918. The Morgan fingerprint density at radius 2 is 1.24 bits per heavy atom. The van der Waals surface area contributed by atoms with E-state index in [-0.39, 0.29) is 12.1 Å². The zero-order valence-electron chi connectivity index (χ0n) is 32.0. The van der Waals surface area contributed by atoms with Crippen molar-refractivity contribution >= 4 is 5.97 Å². The Labute approximate surface area is 288 Å². The lowest BCUT2D eigenvalue weighted by Crippen LogP contribution is -2.54. The summed E-state index contributed by atoms with van der Waals surface area (Å²) in [6, 6.07) is 0. The highest BCUT2D eigenvalue weighted by Gasteiger charge is 2.60. The first-order chi connectivity index (χ1) is 22.2. The maximum atomic E-state index is 12.8. The van der Waals surface area contributed by atoms with Gasteiger partial charge in [0.25, 0.3) is 0 Å². The number of rotatable bonds is 21. The van der Waals surface area contributed by atoms with Gasteiger partial charge in [0.15, 0.2) is 0 Å². The van der Waals surface area contributed by atoms with Crippen LogP contribution in [0.1, 0.15) is 215 Å². The number of fused-ring (bicyclic) bond motifs is 5. The molecular formula is C44H80O2. The molecule has 4 fully saturated rings. The number of carbonyl (C=O) groups is 1. The molecule has 0 amide bonds. The second kappa shape index (κ2) is 19.0. The van der Waals surface area contributed by atoms with Gasteiger partial charge in [-0.25, -0.2) is 0 Å². The van der Waals surface area contributed by atoms with Gasteiger partial charge in [0.1, 0.15) is 6.10 Å². The van der Waals surface area contributed by atoms with Crippen LogP contribution in [0.2, 0.25) is 0 Å². The quantitative estimate of drug-likeness (QED) is 0.0921. The molecule has 2 unspecified atom stereocenters. The average Bonchev–Trinajstić information content (AvgIpc) is 3.38. The fraction of sp³-hybridized carbons (Fsp3) is 0.977.